The zero-order chi connectivity index (χ0) is 14.1. The van der Waals surface area contributed by atoms with Crippen LogP contribution in [0.5, 0.6) is 0 Å². The number of aliphatic carboxylic acids is 1. The Morgan fingerprint density at radius 1 is 1.21 bits per heavy atom. The molecule has 2 aliphatic rings. The molecular weight excluding hydrogens is 274 g/mol. The van der Waals surface area contributed by atoms with Crippen molar-refractivity contribution in [3.63, 3.8) is 0 Å². The first-order valence-corrected chi connectivity index (χ1v) is 7.67. The van der Waals surface area contributed by atoms with Gasteiger partial charge in [0.2, 0.25) is 10.0 Å². The maximum absolute atomic E-state index is 12.6. The first-order chi connectivity index (χ1) is 8.90. The lowest BCUT2D eigenvalue weighted by Crippen LogP contribution is -2.57. The summed E-state index contributed by atoms with van der Waals surface area (Å²) in [6.07, 6.45) is 0.223. The topological polar surface area (TPSA) is 101 Å². The van der Waals surface area contributed by atoms with E-state index in [1.54, 1.807) is 0 Å². The molecule has 0 saturated carbocycles. The van der Waals surface area contributed by atoms with Gasteiger partial charge in [0.05, 0.1) is 0 Å². The van der Waals surface area contributed by atoms with Gasteiger partial charge in [0.25, 0.3) is 0 Å². The molecule has 7 nitrogen and oxygen atoms in total. The molecule has 108 valence electrons. The number of carbonyl (C=O) groups excluding carboxylic acids is 1. The highest BCUT2D eigenvalue weighted by atomic mass is 32.2. The number of hydrogen-bond donors (Lipinski definition) is 1. The van der Waals surface area contributed by atoms with Crippen LogP contribution in [-0.2, 0) is 24.3 Å². The van der Waals surface area contributed by atoms with Gasteiger partial charge in [-0.2, -0.15) is 0 Å². The zero-order valence-electron chi connectivity index (χ0n) is 10.5. The average Bonchev–Trinajstić information content (AvgIpc) is 2.39. The molecule has 2 saturated heterocycles. The quantitative estimate of drug-likeness (QED) is 0.760. The molecule has 2 rings (SSSR count). The third-order valence-electron chi connectivity index (χ3n) is 3.80. The van der Waals surface area contributed by atoms with Crippen LogP contribution in [0.4, 0.5) is 0 Å². The number of ether oxygens (including phenoxy) is 1. The highest BCUT2D eigenvalue weighted by Gasteiger charge is 2.54. The Kier molecular flexibility index (Phi) is 3.93. The molecule has 0 aliphatic carbocycles. The second-order valence-electron chi connectivity index (χ2n) is 4.85. The molecule has 0 radical (unpaired) electrons. The van der Waals surface area contributed by atoms with Crippen molar-refractivity contribution in [2.45, 2.75) is 30.4 Å². The van der Waals surface area contributed by atoms with Crippen LogP contribution in [0.2, 0.25) is 0 Å². The minimum Gasteiger partial charge on any atom is -0.480 e. The summed E-state index contributed by atoms with van der Waals surface area (Å²) in [4.78, 5) is 22.7. The smallest absolute Gasteiger partial charge is 0.326 e. The van der Waals surface area contributed by atoms with Gasteiger partial charge in [-0.25, -0.2) is 12.7 Å². The summed E-state index contributed by atoms with van der Waals surface area (Å²) in [5.41, 5.74) is 0. The first kappa shape index (κ1) is 14.4. The lowest BCUT2D eigenvalue weighted by molar-refractivity contribution is -0.142. The molecular formula is C11H17NO6S. The van der Waals surface area contributed by atoms with Crippen molar-refractivity contribution in [1.29, 1.82) is 0 Å². The fraction of sp³-hybridized carbons (Fsp3) is 0.818. The van der Waals surface area contributed by atoms with Crippen LogP contribution >= 0.6 is 0 Å². The van der Waals surface area contributed by atoms with Gasteiger partial charge in [-0.3, -0.25) is 9.59 Å². The van der Waals surface area contributed by atoms with Crippen molar-refractivity contribution in [3.8, 4) is 0 Å². The van der Waals surface area contributed by atoms with Crippen molar-refractivity contribution in [1.82, 2.24) is 4.31 Å². The monoisotopic (exact) mass is 291 g/mol. The van der Waals surface area contributed by atoms with Gasteiger partial charge in [-0.15, -0.1) is 0 Å². The predicted octanol–water partition coefficient (Wildman–Crippen LogP) is -0.385. The number of rotatable bonds is 3. The lowest BCUT2D eigenvalue weighted by atomic mass is 9.99. The highest BCUT2D eigenvalue weighted by Crippen LogP contribution is 2.33. The average molecular weight is 291 g/mol. The van der Waals surface area contributed by atoms with Crippen LogP contribution in [0.25, 0.3) is 0 Å². The van der Waals surface area contributed by atoms with E-state index in [1.807, 2.05) is 0 Å². The van der Waals surface area contributed by atoms with E-state index in [1.165, 1.54) is 0 Å². The fourth-order valence-corrected chi connectivity index (χ4v) is 4.57. The Labute approximate surface area is 111 Å². The number of nitrogens with zero attached hydrogens (tertiary/aromatic N) is 1. The Hall–Kier alpha value is -0.990. The third kappa shape index (κ3) is 2.39. The number of piperidine rings is 1. The summed E-state index contributed by atoms with van der Waals surface area (Å²) in [5.74, 6) is -1.31. The van der Waals surface area contributed by atoms with Crippen LogP contribution in [0.3, 0.4) is 0 Å². The number of carbonyl (C=O) groups is 2. The van der Waals surface area contributed by atoms with Crippen molar-refractivity contribution < 1.29 is 27.9 Å². The van der Waals surface area contributed by atoms with E-state index >= 15 is 0 Å². The van der Waals surface area contributed by atoms with Crippen LogP contribution in [0, 0.1) is 0 Å². The van der Waals surface area contributed by atoms with E-state index in [-0.39, 0.29) is 57.8 Å². The number of Topliss-reactive ketones (excluding diaryl/α,β-unsaturated/α-hetero) is 1. The Morgan fingerprint density at radius 3 is 2.21 bits per heavy atom. The van der Waals surface area contributed by atoms with Gasteiger partial charge in [-0.1, -0.05) is 0 Å². The SMILES string of the molecule is O=C1CCN(S(=O)(=O)C2(C(=O)O)CCOCC2)CC1. The maximum Gasteiger partial charge on any atom is 0.326 e. The molecule has 2 aliphatic heterocycles. The standard InChI is InChI=1S/C11H17NO6S/c13-9-1-5-12(6-2-9)19(16,17)11(10(14)15)3-7-18-8-4-11/h1-8H2,(H,14,15). The third-order valence-corrected chi connectivity index (χ3v) is 6.42. The molecule has 8 heteroatoms. The number of carboxylic acid groups (broad SMARTS) is 1. The van der Waals surface area contributed by atoms with Gasteiger partial charge in [0.1, 0.15) is 5.78 Å². The maximum atomic E-state index is 12.6. The number of sulfonamides is 1. The van der Waals surface area contributed by atoms with E-state index < -0.39 is 20.7 Å². The summed E-state index contributed by atoms with van der Waals surface area (Å²) in [7, 11) is -3.97. The second kappa shape index (κ2) is 5.18. The summed E-state index contributed by atoms with van der Waals surface area (Å²) in [6.45, 7) is 0.407. The molecule has 0 bridgehead atoms. The van der Waals surface area contributed by atoms with Crippen LogP contribution in [-0.4, -0.2) is 60.6 Å². The van der Waals surface area contributed by atoms with E-state index in [9.17, 15) is 23.1 Å². The van der Waals surface area contributed by atoms with Crippen molar-refractivity contribution in [2.75, 3.05) is 26.3 Å². The van der Waals surface area contributed by atoms with E-state index in [4.69, 9.17) is 4.74 Å². The first-order valence-electron chi connectivity index (χ1n) is 6.23. The normalized spacial score (nSPS) is 25.2. The van der Waals surface area contributed by atoms with Gasteiger partial charge < -0.3 is 9.84 Å². The molecule has 2 fully saturated rings. The number of hydrogen-bond acceptors (Lipinski definition) is 5. The summed E-state index contributed by atoms with van der Waals surface area (Å²) in [5, 5.41) is 9.38. The minimum atomic E-state index is -3.97. The fourth-order valence-electron chi connectivity index (χ4n) is 2.51. The van der Waals surface area contributed by atoms with Crippen LogP contribution in [0.1, 0.15) is 25.7 Å². The molecule has 2 heterocycles. The van der Waals surface area contributed by atoms with E-state index in [0.29, 0.717) is 0 Å². The predicted molar refractivity (Wildman–Crippen MR) is 65.2 cm³/mol. The molecule has 0 amide bonds. The molecule has 1 N–H and O–H groups in total. The second-order valence-corrected chi connectivity index (χ2v) is 7.10. The summed E-state index contributed by atoms with van der Waals surface area (Å²) >= 11 is 0. The Balaban J connectivity index is 2.29. The number of ketones is 1. The van der Waals surface area contributed by atoms with E-state index in [0.717, 1.165) is 4.31 Å². The molecule has 0 unspecified atom stereocenters. The lowest BCUT2D eigenvalue weighted by Gasteiger charge is -2.37. The largest absolute Gasteiger partial charge is 0.480 e. The molecule has 0 aromatic carbocycles. The van der Waals surface area contributed by atoms with Crippen LogP contribution < -0.4 is 0 Å². The Morgan fingerprint density at radius 2 is 1.74 bits per heavy atom. The van der Waals surface area contributed by atoms with E-state index in [2.05, 4.69) is 0 Å². The highest BCUT2D eigenvalue weighted by molar-refractivity contribution is 7.91. The van der Waals surface area contributed by atoms with Crippen LogP contribution in [0.15, 0.2) is 0 Å². The molecule has 0 aromatic heterocycles. The van der Waals surface area contributed by atoms with Gasteiger partial charge in [0.15, 0.2) is 4.75 Å². The molecule has 0 atom stereocenters. The Bertz CT molecular complexity index is 469. The van der Waals surface area contributed by atoms with Crippen molar-refractivity contribution in [3.05, 3.63) is 0 Å². The molecule has 0 aromatic rings. The van der Waals surface area contributed by atoms with Gasteiger partial charge in [0, 0.05) is 52.0 Å². The molecule has 19 heavy (non-hydrogen) atoms. The van der Waals surface area contributed by atoms with Gasteiger partial charge >= 0.3 is 5.97 Å². The minimum absolute atomic E-state index is 0.0165. The number of carboxylic acids is 1. The summed E-state index contributed by atoms with van der Waals surface area (Å²) in [6, 6.07) is 0. The van der Waals surface area contributed by atoms with Gasteiger partial charge in [-0.05, 0) is 0 Å². The van der Waals surface area contributed by atoms with Crippen molar-refractivity contribution >= 4 is 21.8 Å². The zero-order valence-corrected chi connectivity index (χ0v) is 11.3. The summed E-state index contributed by atoms with van der Waals surface area (Å²) < 4.78 is 29.6. The van der Waals surface area contributed by atoms with Crippen molar-refractivity contribution in [2.24, 2.45) is 0 Å². The molecule has 0 spiro atoms.